The van der Waals surface area contributed by atoms with Crippen molar-refractivity contribution in [2.45, 2.75) is 57.6 Å². The Labute approximate surface area is 128 Å². The van der Waals surface area contributed by atoms with Gasteiger partial charge >= 0.3 is 0 Å². The SMILES string of the molecule is CCNC(c1cccc(OC2CC2)c1)C1C2CCCCC21. The lowest BCUT2D eigenvalue weighted by Gasteiger charge is -2.20. The van der Waals surface area contributed by atoms with Crippen LogP contribution in [0.1, 0.15) is 57.1 Å². The largest absolute Gasteiger partial charge is 0.490 e. The zero-order valence-corrected chi connectivity index (χ0v) is 13.1. The van der Waals surface area contributed by atoms with Crippen LogP contribution in [0.25, 0.3) is 0 Å². The molecule has 0 spiro atoms. The third-order valence-corrected chi connectivity index (χ3v) is 5.58. The molecule has 0 radical (unpaired) electrons. The minimum Gasteiger partial charge on any atom is -0.490 e. The number of hydrogen-bond acceptors (Lipinski definition) is 2. The smallest absolute Gasteiger partial charge is 0.120 e. The molecule has 0 aromatic heterocycles. The number of fused-ring (bicyclic) bond motifs is 1. The molecule has 21 heavy (non-hydrogen) atoms. The molecule has 0 heterocycles. The number of benzene rings is 1. The van der Waals surface area contributed by atoms with Gasteiger partial charge in [0.2, 0.25) is 0 Å². The van der Waals surface area contributed by atoms with E-state index in [9.17, 15) is 0 Å². The summed E-state index contributed by atoms with van der Waals surface area (Å²) in [7, 11) is 0. The van der Waals surface area contributed by atoms with Gasteiger partial charge in [0.25, 0.3) is 0 Å². The van der Waals surface area contributed by atoms with Gasteiger partial charge in [0.1, 0.15) is 5.75 Å². The zero-order chi connectivity index (χ0) is 14.2. The average molecular weight is 285 g/mol. The monoisotopic (exact) mass is 285 g/mol. The van der Waals surface area contributed by atoms with E-state index in [0.717, 1.165) is 30.0 Å². The van der Waals surface area contributed by atoms with Crippen LogP contribution in [0.5, 0.6) is 5.75 Å². The normalized spacial score (nSPS) is 32.3. The summed E-state index contributed by atoms with van der Waals surface area (Å²) in [6.07, 6.45) is 8.75. The number of nitrogens with one attached hydrogen (secondary N) is 1. The maximum Gasteiger partial charge on any atom is 0.120 e. The lowest BCUT2D eigenvalue weighted by molar-refractivity contribution is 0.302. The van der Waals surface area contributed by atoms with Gasteiger partial charge in [-0.1, -0.05) is 31.9 Å². The Balaban J connectivity index is 1.52. The van der Waals surface area contributed by atoms with Crippen LogP contribution in [0.15, 0.2) is 24.3 Å². The molecule has 2 nitrogen and oxygen atoms in total. The van der Waals surface area contributed by atoms with Gasteiger partial charge in [-0.15, -0.1) is 0 Å². The summed E-state index contributed by atoms with van der Waals surface area (Å²) < 4.78 is 5.99. The van der Waals surface area contributed by atoms with Gasteiger partial charge in [0.15, 0.2) is 0 Å². The number of hydrogen-bond donors (Lipinski definition) is 1. The first-order chi connectivity index (χ1) is 10.4. The molecular formula is C19H27NO. The molecule has 3 atom stereocenters. The predicted molar refractivity (Wildman–Crippen MR) is 85.4 cm³/mol. The molecule has 3 saturated carbocycles. The summed E-state index contributed by atoms with van der Waals surface area (Å²) in [6, 6.07) is 9.40. The molecule has 0 aliphatic heterocycles. The summed E-state index contributed by atoms with van der Waals surface area (Å²) in [5.41, 5.74) is 1.44. The van der Waals surface area contributed by atoms with Gasteiger partial charge in [0, 0.05) is 6.04 Å². The lowest BCUT2D eigenvalue weighted by atomic mass is 9.99. The average Bonchev–Trinajstić information content (AvgIpc) is 3.41. The van der Waals surface area contributed by atoms with Crippen LogP contribution in [0.4, 0.5) is 0 Å². The van der Waals surface area contributed by atoms with Crippen molar-refractivity contribution < 1.29 is 4.74 Å². The highest BCUT2D eigenvalue weighted by Crippen LogP contribution is 2.60. The van der Waals surface area contributed by atoms with E-state index in [2.05, 4.69) is 36.5 Å². The molecule has 3 unspecified atom stereocenters. The Bertz CT molecular complexity index is 484. The van der Waals surface area contributed by atoms with Gasteiger partial charge in [-0.3, -0.25) is 0 Å². The first kappa shape index (κ1) is 13.6. The molecule has 1 N–H and O–H groups in total. The summed E-state index contributed by atoms with van der Waals surface area (Å²) in [5, 5.41) is 3.76. The Morgan fingerprint density at radius 2 is 1.90 bits per heavy atom. The van der Waals surface area contributed by atoms with Crippen molar-refractivity contribution in [2.24, 2.45) is 17.8 Å². The van der Waals surface area contributed by atoms with Crippen molar-refractivity contribution in [2.75, 3.05) is 6.54 Å². The molecule has 2 heteroatoms. The highest BCUT2D eigenvalue weighted by molar-refractivity contribution is 5.33. The van der Waals surface area contributed by atoms with Gasteiger partial charge in [0.05, 0.1) is 6.10 Å². The fourth-order valence-electron chi connectivity index (χ4n) is 4.40. The van der Waals surface area contributed by atoms with Gasteiger partial charge in [-0.25, -0.2) is 0 Å². The lowest BCUT2D eigenvalue weighted by Crippen LogP contribution is -2.24. The summed E-state index contributed by atoms with van der Waals surface area (Å²) in [5.74, 6) is 3.90. The van der Waals surface area contributed by atoms with E-state index in [1.807, 2.05) is 0 Å². The second-order valence-electron chi connectivity index (χ2n) is 7.11. The van der Waals surface area contributed by atoms with E-state index in [0.29, 0.717) is 12.1 Å². The third-order valence-electron chi connectivity index (χ3n) is 5.58. The molecular weight excluding hydrogens is 258 g/mol. The maximum atomic E-state index is 5.99. The first-order valence-corrected chi connectivity index (χ1v) is 8.87. The van der Waals surface area contributed by atoms with Gasteiger partial charge < -0.3 is 10.1 Å². The zero-order valence-electron chi connectivity index (χ0n) is 13.1. The molecule has 1 aromatic rings. The summed E-state index contributed by atoms with van der Waals surface area (Å²) >= 11 is 0. The van der Waals surface area contributed by atoms with Crippen LogP contribution in [0.2, 0.25) is 0 Å². The number of ether oxygens (including phenoxy) is 1. The van der Waals surface area contributed by atoms with Crippen molar-refractivity contribution in [3.8, 4) is 5.75 Å². The van der Waals surface area contributed by atoms with Crippen LogP contribution < -0.4 is 10.1 Å². The topological polar surface area (TPSA) is 21.3 Å². The second-order valence-corrected chi connectivity index (χ2v) is 7.11. The van der Waals surface area contributed by atoms with Crippen molar-refractivity contribution in [1.82, 2.24) is 5.32 Å². The molecule has 3 aliphatic carbocycles. The molecule has 3 aliphatic rings. The third kappa shape index (κ3) is 2.83. The quantitative estimate of drug-likeness (QED) is 0.840. The molecule has 114 valence electrons. The van der Waals surface area contributed by atoms with Crippen molar-refractivity contribution in [3.63, 3.8) is 0 Å². The highest BCUT2D eigenvalue weighted by Gasteiger charge is 2.54. The molecule has 0 saturated heterocycles. The number of rotatable bonds is 6. The van der Waals surface area contributed by atoms with Crippen LogP contribution in [-0.4, -0.2) is 12.6 Å². The van der Waals surface area contributed by atoms with Crippen LogP contribution in [0.3, 0.4) is 0 Å². The van der Waals surface area contributed by atoms with Crippen LogP contribution >= 0.6 is 0 Å². The Hall–Kier alpha value is -1.02. The molecule has 1 aromatic carbocycles. The van der Waals surface area contributed by atoms with E-state index in [4.69, 9.17) is 4.74 Å². The van der Waals surface area contributed by atoms with Crippen molar-refractivity contribution in [3.05, 3.63) is 29.8 Å². The van der Waals surface area contributed by atoms with E-state index < -0.39 is 0 Å². The molecule has 0 amide bonds. The van der Waals surface area contributed by atoms with Gasteiger partial charge in [-0.2, -0.15) is 0 Å². The Kier molecular flexibility index (Phi) is 3.66. The van der Waals surface area contributed by atoms with Gasteiger partial charge in [-0.05, 0) is 67.7 Å². The highest BCUT2D eigenvalue weighted by atomic mass is 16.5. The predicted octanol–water partition coefficient (Wildman–Crippen LogP) is 4.31. The maximum absolute atomic E-state index is 5.99. The fraction of sp³-hybridized carbons (Fsp3) is 0.684. The Morgan fingerprint density at radius 1 is 1.14 bits per heavy atom. The second kappa shape index (κ2) is 5.64. The van der Waals surface area contributed by atoms with Crippen molar-refractivity contribution in [1.29, 1.82) is 0 Å². The Morgan fingerprint density at radius 3 is 2.57 bits per heavy atom. The van der Waals surface area contributed by atoms with Crippen LogP contribution in [-0.2, 0) is 0 Å². The van der Waals surface area contributed by atoms with E-state index in [1.165, 1.54) is 44.1 Å². The van der Waals surface area contributed by atoms with E-state index in [1.54, 1.807) is 0 Å². The fourth-order valence-corrected chi connectivity index (χ4v) is 4.40. The van der Waals surface area contributed by atoms with E-state index in [-0.39, 0.29) is 0 Å². The van der Waals surface area contributed by atoms with E-state index >= 15 is 0 Å². The minimum atomic E-state index is 0.487. The molecule has 3 fully saturated rings. The van der Waals surface area contributed by atoms with Crippen LogP contribution in [0, 0.1) is 17.8 Å². The first-order valence-electron chi connectivity index (χ1n) is 8.87. The molecule has 0 bridgehead atoms. The summed E-state index contributed by atoms with van der Waals surface area (Å²) in [4.78, 5) is 0. The minimum absolute atomic E-state index is 0.487. The molecule has 4 rings (SSSR count). The van der Waals surface area contributed by atoms with Crippen molar-refractivity contribution >= 4 is 0 Å². The summed E-state index contributed by atoms with van der Waals surface area (Å²) in [6.45, 7) is 3.28. The standard InChI is InChI=1S/C19H27NO/c1-2-20-19(18-16-8-3-4-9-17(16)18)13-6-5-7-15(12-13)21-14-10-11-14/h5-7,12,14,16-20H,2-4,8-11H2,1H3.